The number of carbonyl (C=O) groups is 1. The number of benzene rings is 1. The van der Waals surface area contributed by atoms with E-state index in [2.05, 4.69) is 5.32 Å². The summed E-state index contributed by atoms with van der Waals surface area (Å²) < 4.78 is 0. The highest BCUT2D eigenvalue weighted by atomic mass is 35.5. The van der Waals surface area contributed by atoms with Crippen LogP contribution in [0.3, 0.4) is 0 Å². The monoisotopic (exact) mass is 239 g/mol. The van der Waals surface area contributed by atoms with Gasteiger partial charge in [0.15, 0.2) is 0 Å². The van der Waals surface area contributed by atoms with Crippen LogP contribution in [-0.4, -0.2) is 23.2 Å². The molecule has 2 atom stereocenters. The van der Waals surface area contributed by atoms with Crippen molar-refractivity contribution in [2.24, 2.45) is 0 Å². The molecule has 1 fully saturated rings. The van der Waals surface area contributed by atoms with Gasteiger partial charge in [-0.1, -0.05) is 23.7 Å². The number of aliphatic carboxylic acids is 1. The normalized spacial score (nSPS) is 29.2. The highest BCUT2D eigenvalue weighted by molar-refractivity contribution is 6.30. The van der Waals surface area contributed by atoms with Crippen LogP contribution in [0.2, 0.25) is 5.02 Å². The predicted octanol–water partition coefficient (Wildman–Crippen LogP) is 2.26. The summed E-state index contributed by atoms with van der Waals surface area (Å²) in [7, 11) is 0. The van der Waals surface area contributed by atoms with Crippen molar-refractivity contribution in [1.29, 1.82) is 0 Å². The first-order valence-electron chi connectivity index (χ1n) is 5.25. The number of hydrogen-bond donors (Lipinski definition) is 2. The van der Waals surface area contributed by atoms with Crippen LogP contribution >= 0.6 is 11.6 Å². The first kappa shape index (κ1) is 11.4. The van der Waals surface area contributed by atoms with Crippen molar-refractivity contribution < 1.29 is 9.90 Å². The number of carboxylic acid groups (broad SMARTS) is 1. The lowest BCUT2D eigenvalue weighted by atomic mass is 9.90. The first-order valence-corrected chi connectivity index (χ1v) is 5.63. The van der Waals surface area contributed by atoms with Gasteiger partial charge in [-0.05, 0) is 37.0 Å². The summed E-state index contributed by atoms with van der Waals surface area (Å²) in [6.07, 6.45) is 0.600. The molecule has 0 amide bonds. The van der Waals surface area contributed by atoms with Gasteiger partial charge < -0.3 is 10.4 Å². The molecule has 0 bridgehead atoms. The number of carboxylic acids is 1. The summed E-state index contributed by atoms with van der Waals surface area (Å²) in [6.45, 7) is 2.41. The Labute approximate surface area is 99.4 Å². The lowest BCUT2D eigenvalue weighted by Crippen LogP contribution is -2.44. The SMILES string of the molecule is CC1(C(=O)O)CC(c2cccc(Cl)c2)CN1. The first-order chi connectivity index (χ1) is 7.51. The third-order valence-corrected chi connectivity index (χ3v) is 3.42. The van der Waals surface area contributed by atoms with E-state index in [1.54, 1.807) is 6.92 Å². The van der Waals surface area contributed by atoms with Crippen molar-refractivity contribution in [2.45, 2.75) is 24.8 Å². The van der Waals surface area contributed by atoms with Gasteiger partial charge in [-0.2, -0.15) is 0 Å². The summed E-state index contributed by atoms with van der Waals surface area (Å²) in [6, 6.07) is 7.62. The lowest BCUT2D eigenvalue weighted by molar-refractivity contribution is -0.143. The molecule has 1 saturated heterocycles. The van der Waals surface area contributed by atoms with E-state index < -0.39 is 11.5 Å². The molecule has 0 spiro atoms. The zero-order valence-electron chi connectivity index (χ0n) is 9.03. The Morgan fingerprint density at radius 1 is 1.62 bits per heavy atom. The van der Waals surface area contributed by atoms with Crippen LogP contribution in [0, 0.1) is 0 Å². The lowest BCUT2D eigenvalue weighted by Gasteiger charge is -2.18. The summed E-state index contributed by atoms with van der Waals surface area (Å²) in [5, 5.41) is 12.9. The number of halogens is 1. The molecule has 0 aromatic heterocycles. The minimum absolute atomic E-state index is 0.222. The molecule has 1 heterocycles. The summed E-state index contributed by atoms with van der Waals surface area (Å²) in [5.74, 6) is -0.572. The van der Waals surface area contributed by atoms with Crippen LogP contribution in [-0.2, 0) is 4.79 Å². The van der Waals surface area contributed by atoms with E-state index in [4.69, 9.17) is 16.7 Å². The molecule has 2 rings (SSSR count). The Kier molecular flexibility index (Phi) is 2.91. The molecule has 1 aromatic rings. The third kappa shape index (κ3) is 2.06. The van der Waals surface area contributed by atoms with Gasteiger partial charge in [0, 0.05) is 11.6 Å². The molecule has 4 heteroatoms. The number of hydrogen-bond acceptors (Lipinski definition) is 2. The van der Waals surface area contributed by atoms with Gasteiger partial charge in [0.1, 0.15) is 5.54 Å². The van der Waals surface area contributed by atoms with E-state index >= 15 is 0 Å². The summed E-state index contributed by atoms with van der Waals surface area (Å²) in [5.41, 5.74) is 0.289. The Hall–Kier alpha value is -1.06. The quantitative estimate of drug-likeness (QED) is 0.832. The van der Waals surface area contributed by atoms with Crippen LogP contribution < -0.4 is 5.32 Å². The molecule has 0 aliphatic carbocycles. The van der Waals surface area contributed by atoms with Crippen molar-refractivity contribution in [1.82, 2.24) is 5.32 Å². The average Bonchev–Trinajstić information content (AvgIpc) is 2.62. The van der Waals surface area contributed by atoms with Gasteiger partial charge in [-0.15, -0.1) is 0 Å². The molecule has 16 heavy (non-hydrogen) atoms. The fourth-order valence-electron chi connectivity index (χ4n) is 2.14. The Morgan fingerprint density at radius 2 is 2.38 bits per heavy atom. The molecule has 3 nitrogen and oxygen atoms in total. The topological polar surface area (TPSA) is 49.3 Å². The minimum Gasteiger partial charge on any atom is -0.480 e. The van der Waals surface area contributed by atoms with Crippen molar-refractivity contribution >= 4 is 17.6 Å². The average molecular weight is 240 g/mol. The molecule has 0 saturated carbocycles. The van der Waals surface area contributed by atoms with Crippen LogP contribution in [0.15, 0.2) is 24.3 Å². The van der Waals surface area contributed by atoms with Gasteiger partial charge in [0.2, 0.25) is 0 Å². The molecule has 2 N–H and O–H groups in total. The molecule has 1 aromatic carbocycles. The van der Waals surface area contributed by atoms with Crippen molar-refractivity contribution in [3.8, 4) is 0 Å². The number of rotatable bonds is 2. The van der Waals surface area contributed by atoms with Crippen LogP contribution in [0.4, 0.5) is 0 Å². The van der Waals surface area contributed by atoms with E-state index in [1.807, 2.05) is 24.3 Å². The predicted molar refractivity (Wildman–Crippen MR) is 62.9 cm³/mol. The van der Waals surface area contributed by atoms with Gasteiger partial charge in [-0.3, -0.25) is 4.79 Å². The molecule has 2 unspecified atom stereocenters. The molecule has 1 aliphatic rings. The Morgan fingerprint density at radius 3 is 2.94 bits per heavy atom. The van der Waals surface area contributed by atoms with Crippen LogP contribution in [0.5, 0.6) is 0 Å². The van der Waals surface area contributed by atoms with Gasteiger partial charge in [0.25, 0.3) is 0 Å². The van der Waals surface area contributed by atoms with Gasteiger partial charge in [0.05, 0.1) is 0 Å². The zero-order valence-corrected chi connectivity index (χ0v) is 9.79. The highest BCUT2D eigenvalue weighted by Crippen LogP contribution is 2.32. The smallest absolute Gasteiger partial charge is 0.323 e. The standard InChI is InChI=1S/C12H14ClNO2/c1-12(11(15)16)6-9(7-14-12)8-3-2-4-10(13)5-8/h2-5,9,14H,6-7H2,1H3,(H,15,16). The molecular formula is C12H14ClNO2. The molecular weight excluding hydrogens is 226 g/mol. The van der Waals surface area contributed by atoms with E-state index in [9.17, 15) is 4.79 Å². The maximum absolute atomic E-state index is 11.1. The largest absolute Gasteiger partial charge is 0.480 e. The van der Waals surface area contributed by atoms with Gasteiger partial charge >= 0.3 is 5.97 Å². The fourth-order valence-corrected chi connectivity index (χ4v) is 2.34. The second-order valence-corrected chi connectivity index (χ2v) is 4.91. The number of nitrogens with one attached hydrogen (secondary N) is 1. The Balaban J connectivity index is 2.18. The van der Waals surface area contributed by atoms with Gasteiger partial charge in [-0.25, -0.2) is 0 Å². The van der Waals surface area contributed by atoms with E-state index in [1.165, 1.54) is 0 Å². The maximum Gasteiger partial charge on any atom is 0.323 e. The highest BCUT2D eigenvalue weighted by Gasteiger charge is 2.41. The molecule has 1 aliphatic heterocycles. The van der Waals surface area contributed by atoms with Crippen molar-refractivity contribution in [3.05, 3.63) is 34.9 Å². The Bertz CT molecular complexity index is 421. The van der Waals surface area contributed by atoms with Crippen molar-refractivity contribution in [2.75, 3.05) is 6.54 Å². The maximum atomic E-state index is 11.1. The van der Waals surface area contributed by atoms with E-state index in [-0.39, 0.29) is 5.92 Å². The summed E-state index contributed by atoms with van der Waals surface area (Å²) >= 11 is 5.92. The molecule has 86 valence electrons. The van der Waals surface area contributed by atoms with Crippen LogP contribution in [0.25, 0.3) is 0 Å². The second-order valence-electron chi connectivity index (χ2n) is 4.47. The van der Waals surface area contributed by atoms with E-state index in [0.29, 0.717) is 18.0 Å². The zero-order chi connectivity index (χ0) is 11.8. The van der Waals surface area contributed by atoms with Crippen LogP contribution in [0.1, 0.15) is 24.8 Å². The van der Waals surface area contributed by atoms with Crippen molar-refractivity contribution in [3.63, 3.8) is 0 Å². The summed E-state index contributed by atoms with van der Waals surface area (Å²) in [4.78, 5) is 11.1. The molecule has 0 radical (unpaired) electrons. The minimum atomic E-state index is -0.813. The second kappa shape index (κ2) is 4.07. The third-order valence-electron chi connectivity index (χ3n) is 3.19. The fraction of sp³-hybridized carbons (Fsp3) is 0.417. The van der Waals surface area contributed by atoms with E-state index in [0.717, 1.165) is 5.56 Å².